The van der Waals surface area contributed by atoms with Crippen molar-refractivity contribution in [2.45, 2.75) is 13.0 Å². The maximum atomic E-state index is 12.3. The Morgan fingerprint density at radius 1 is 1.16 bits per heavy atom. The minimum absolute atomic E-state index is 0.125. The number of nitrogens with one attached hydrogen (secondary N) is 1. The molecule has 0 spiro atoms. The Balaban J connectivity index is 1.46. The smallest absolute Gasteiger partial charge is 0.226 e. The highest BCUT2D eigenvalue weighted by Gasteiger charge is 2.13. The molecule has 7 nitrogen and oxygen atoms in total. The second kappa shape index (κ2) is 6.56. The zero-order valence-electron chi connectivity index (χ0n) is 13.3. The van der Waals surface area contributed by atoms with E-state index in [9.17, 15) is 4.79 Å². The van der Waals surface area contributed by atoms with Crippen LogP contribution in [0.1, 0.15) is 11.3 Å². The monoisotopic (exact) mass is 333 g/mol. The Morgan fingerprint density at radius 3 is 2.96 bits per heavy atom. The first-order valence-corrected chi connectivity index (χ1v) is 7.83. The summed E-state index contributed by atoms with van der Waals surface area (Å²) < 4.78 is 7.04. The summed E-state index contributed by atoms with van der Waals surface area (Å²) in [5.41, 5.74) is 2.22. The average molecular weight is 333 g/mol. The van der Waals surface area contributed by atoms with E-state index in [4.69, 9.17) is 4.52 Å². The standard InChI is InChI=1S/C18H15N5O2/c24-17(10-15-14-5-1-2-6-16(14)25-22-15)21-11-13-4-3-7-20-18(13)23-9-8-19-12-23/h1-9,12H,10-11H2,(H,21,24). The Bertz CT molecular complexity index is 1010. The van der Waals surface area contributed by atoms with E-state index in [-0.39, 0.29) is 12.3 Å². The minimum atomic E-state index is -0.125. The van der Waals surface area contributed by atoms with Gasteiger partial charge in [-0.3, -0.25) is 9.36 Å². The molecule has 0 unspecified atom stereocenters. The van der Waals surface area contributed by atoms with Crippen LogP contribution in [0.2, 0.25) is 0 Å². The number of nitrogens with zero attached hydrogens (tertiary/aromatic N) is 4. The molecule has 25 heavy (non-hydrogen) atoms. The Hall–Kier alpha value is -3.48. The van der Waals surface area contributed by atoms with E-state index in [0.29, 0.717) is 17.8 Å². The molecule has 4 rings (SSSR count). The van der Waals surface area contributed by atoms with E-state index in [2.05, 4.69) is 20.4 Å². The van der Waals surface area contributed by atoms with Crippen LogP contribution in [0.3, 0.4) is 0 Å². The number of aromatic nitrogens is 4. The number of hydrogen-bond acceptors (Lipinski definition) is 5. The van der Waals surface area contributed by atoms with Gasteiger partial charge in [0.25, 0.3) is 0 Å². The molecule has 4 aromatic rings. The largest absolute Gasteiger partial charge is 0.356 e. The summed E-state index contributed by atoms with van der Waals surface area (Å²) >= 11 is 0. The second-order valence-corrected chi connectivity index (χ2v) is 5.54. The van der Waals surface area contributed by atoms with Gasteiger partial charge in [0.05, 0.1) is 6.42 Å². The Morgan fingerprint density at radius 2 is 2.08 bits per heavy atom. The van der Waals surface area contributed by atoms with Crippen LogP contribution in [0.5, 0.6) is 0 Å². The van der Waals surface area contributed by atoms with Gasteiger partial charge in [-0.2, -0.15) is 0 Å². The first-order valence-electron chi connectivity index (χ1n) is 7.83. The third-order valence-corrected chi connectivity index (χ3v) is 3.87. The van der Waals surface area contributed by atoms with E-state index in [1.165, 1.54) is 0 Å². The molecule has 0 aliphatic rings. The summed E-state index contributed by atoms with van der Waals surface area (Å²) in [7, 11) is 0. The van der Waals surface area contributed by atoms with Gasteiger partial charge in [0.2, 0.25) is 5.91 Å². The summed E-state index contributed by atoms with van der Waals surface area (Å²) in [6.07, 6.45) is 7.05. The van der Waals surface area contributed by atoms with Crippen molar-refractivity contribution in [3.05, 3.63) is 72.6 Å². The molecule has 0 aliphatic heterocycles. The Labute approximate surface area is 143 Å². The molecule has 124 valence electrons. The van der Waals surface area contributed by atoms with Crippen molar-refractivity contribution in [1.29, 1.82) is 0 Å². The number of pyridine rings is 1. The van der Waals surface area contributed by atoms with Gasteiger partial charge in [-0.1, -0.05) is 23.4 Å². The quantitative estimate of drug-likeness (QED) is 0.605. The topological polar surface area (TPSA) is 85.8 Å². The van der Waals surface area contributed by atoms with E-state index in [0.717, 1.165) is 16.8 Å². The molecule has 0 saturated heterocycles. The molecular formula is C18H15N5O2. The van der Waals surface area contributed by atoms with Crippen molar-refractivity contribution in [1.82, 2.24) is 25.0 Å². The molecule has 0 bridgehead atoms. The van der Waals surface area contributed by atoms with Crippen molar-refractivity contribution >= 4 is 16.9 Å². The summed E-state index contributed by atoms with van der Waals surface area (Å²) in [5, 5.41) is 7.76. The first kappa shape index (κ1) is 15.1. The molecule has 0 saturated carbocycles. The minimum Gasteiger partial charge on any atom is -0.356 e. The highest BCUT2D eigenvalue weighted by molar-refractivity contribution is 5.86. The lowest BCUT2D eigenvalue weighted by Crippen LogP contribution is -2.25. The molecule has 0 aliphatic carbocycles. The van der Waals surface area contributed by atoms with E-state index < -0.39 is 0 Å². The van der Waals surface area contributed by atoms with Gasteiger partial charge in [-0.15, -0.1) is 0 Å². The zero-order valence-corrected chi connectivity index (χ0v) is 13.3. The van der Waals surface area contributed by atoms with Gasteiger partial charge < -0.3 is 9.84 Å². The number of imidazole rings is 1. The summed E-state index contributed by atoms with van der Waals surface area (Å²) in [5.74, 6) is 0.617. The third-order valence-electron chi connectivity index (χ3n) is 3.87. The number of benzene rings is 1. The number of carbonyl (C=O) groups is 1. The number of amides is 1. The van der Waals surface area contributed by atoms with Gasteiger partial charge in [0, 0.05) is 36.1 Å². The van der Waals surface area contributed by atoms with Crippen LogP contribution in [0.15, 0.2) is 65.8 Å². The van der Waals surface area contributed by atoms with Crippen molar-refractivity contribution in [3.8, 4) is 5.82 Å². The fourth-order valence-corrected chi connectivity index (χ4v) is 2.66. The summed E-state index contributed by atoms with van der Waals surface area (Å²) in [6.45, 7) is 0.371. The number of para-hydroxylation sites is 1. The van der Waals surface area contributed by atoms with Gasteiger partial charge in [0.1, 0.15) is 17.8 Å². The van der Waals surface area contributed by atoms with Crippen LogP contribution in [-0.4, -0.2) is 25.6 Å². The van der Waals surface area contributed by atoms with Gasteiger partial charge in [-0.05, 0) is 18.2 Å². The van der Waals surface area contributed by atoms with Crippen LogP contribution in [0.25, 0.3) is 16.8 Å². The molecule has 3 aromatic heterocycles. The van der Waals surface area contributed by atoms with Crippen LogP contribution in [-0.2, 0) is 17.8 Å². The van der Waals surface area contributed by atoms with Crippen LogP contribution in [0.4, 0.5) is 0 Å². The van der Waals surface area contributed by atoms with Crippen molar-refractivity contribution < 1.29 is 9.32 Å². The van der Waals surface area contributed by atoms with Gasteiger partial charge in [-0.25, -0.2) is 9.97 Å². The molecular weight excluding hydrogens is 318 g/mol. The second-order valence-electron chi connectivity index (χ2n) is 5.54. The molecule has 1 N–H and O–H groups in total. The summed E-state index contributed by atoms with van der Waals surface area (Å²) in [4.78, 5) is 20.7. The summed E-state index contributed by atoms with van der Waals surface area (Å²) in [6, 6.07) is 11.3. The van der Waals surface area contributed by atoms with Crippen molar-refractivity contribution in [2.24, 2.45) is 0 Å². The number of hydrogen-bond donors (Lipinski definition) is 1. The van der Waals surface area contributed by atoms with Crippen molar-refractivity contribution in [3.63, 3.8) is 0 Å². The van der Waals surface area contributed by atoms with Crippen molar-refractivity contribution in [2.75, 3.05) is 0 Å². The van der Waals surface area contributed by atoms with Crippen LogP contribution in [0, 0.1) is 0 Å². The molecule has 3 heterocycles. The zero-order chi connectivity index (χ0) is 17.1. The molecule has 7 heteroatoms. The molecule has 0 fully saturated rings. The fourth-order valence-electron chi connectivity index (χ4n) is 2.66. The predicted octanol–water partition coefficient (Wildman–Crippen LogP) is 2.27. The number of rotatable bonds is 5. The van der Waals surface area contributed by atoms with E-state index in [1.807, 2.05) is 47.2 Å². The molecule has 1 aromatic carbocycles. The SMILES string of the molecule is O=C(Cc1noc2ccccc12)NCc1cccnc1-n1ccnc1. The molecule has 0 atom stereocenters. The lowest BCUT2D eigenvalue weighted by molar-refractivity contribution is -0.120. The first-order chi connectivity index (χ1) is 12.3. The van der Waals surface area contributed by atoms with Gasteiger partial charge >= 0.3 is 0 Å². The highest BCUT2D eigenvalue weighted by atomic mass is 16.5. The lowest BCUT2D eigenvalue weighted by atomic mass is 10.1. The lowest BCUT2D eigenvalue weighted by Gasteiger charge is -2.09. The molecule has 1 amide bonds. The average Bonchev–Trinajstić information content (AvgIpc) is 3.31. The molecule has 0 radical (unpaired) electrons. The normalized spacial score (nSPS) is 10.9. The van der Waals surface area contributed by atoms with E-state index >= 15 is 0 Å². The Kier molecular flexibility index (Phi) is 3.96. The number of carbonyl (C=O) groups excluding carboxylic acids is 1. The van der Waals surface area contributed by atoms with E-state index in [1.54, 1.807) is 18.7 Å². The predicted molar refractivity (Wildman–Crippen MR) is 90.9 cm³/mol. The number of fused-ring (bicyclic) bond motifs is 1. The third kappa shape index (κ3) is 3.12. The highest BCUT2D eigenvalue weighted by Crippen LogP contribution is 2.18. The van der Waals surface area contributed by atoms with Crippen LogP contribution >= 0.6 is 0 Å². The van der Waals surface area contributed by atoms with Crippen LogP contribution < -0.4 is 5.32 Å². The van der Waals surface area contributed by atoms with Gasteiger partial charge in [0.15, 0.2) is 5.58 Å². The maximum Gasteiger partial charge on any atom is 0.226 e. The fraction of sp³-hybridized carbons (Fsp3) is 0.111. The maximum absolute atomic E-state index is 12.3.